The summed E-state index contributed by atoms with van der Waals surface area (Å²) in [6.45, 7) is 20.2. The summed E-state index contributed by atoms with van der Waals surface area (Å²) in [5, 5.41) is 0.0000482. The van der Waals surface area contributed by atoms with Crippen LogP contribution in [-0.4, -0.2) is 62.0 Å². The van der Waals surface area contributed by atoms with E-state index < -0.39 is 37.8 Å². The Hall–Kier alpha value is -1.67. The predicted molar refractivity (Wildman–Crippen MR) is 112 cm³/mol. The van der Waals surface area contributed by atoms with E-state index in [1.807, 2.05) is 6.92 Å². The van der Waals surface area contributed by atoms with Gasteiger partial charge in [0.15, 0.2) is 8.32 Å². The van der Waals surface area contributed by atoms with E-state index in [4.69, 9.17) is 13.9 Å². The molecule has 3 atom stereocenters. The van der Waals surface area contributed by atoms with Crippen molar-refractivity contribution >= 4 is 26.2 Å². The quantitative estimate of drug-likeness (QED) is 0.205. The number of fused-ring (bicyclic) bond motifs is 1. The first kappa shape index (κ1) is 23.6. The molecule has 0 unspecified atom stereocenters. The number of amides is 1. The number of β-lactam (4-membered cyclic amide) rings is 1. The summed E-state index contributed by atoms with van der Waals surface area (Å²) in [6, 6.07) is -0.434. The van der Waals surface area contributed by atoms with Crippen LogP contribution in [0.5, 0.6) is 0 Å². The summed E-state index contributed by atoms with van der Waals surface area (Å²) in [7, 11) is -2.10. The zero-order valence-electron chi connectivity index (χ0n) is 19.0. The zero-order chi connectivity index (χ0) is 22.4. The van der Waals surface area contributed by atoms with Gasteiger partial charge in [-0.1, -0.05) is 32.9 Å². The second kappa shape index (κ2) is 7.87. The monoisotopic (exact) mass is 425 g/mol. The molecule has 0 radical (unpaired) electrons. The minimum absolute atomic E-state index is 0.0000482. The molecular weight excluding hydrogens is 390 g/mol. The second-order valence-electron chi connectivity index (χ2n) is 9.40. The summed E-state index contributed by atoms with van der Waals surface area (Å²) in [5.41, 5.74) is -1.13. The molecule has 0 aliphatic carbocycles. The Labute approximate surface area is 174 Å². The molecule has 0 spiro atoms. The van der Waals surface area contributed by atoms with Gasteiger partial charge in [0.05, 0.1) is 31.3 Å². The van der Waals surface area contributed by atoms with Crippen molar-refractivity contribution < 1.29 is 28.3 Å². The predicted octanol–water partition coefficient (Wildman–Crippen LogP) is 3.05. The lowest BCUT2D eigenvalue weighted by Gasteiger charge is -2.51. The third-order valence-electron chi connectivity index (χ3n) is 6.47. The van der Waals surface area contributed by atoms with Crippen molar-refractivity contribution in [3.05, 3.63) is 12.2 Å². The molecule has 0 N–H and O–H groups in total. The van der Waals surface area contributed by atoms with Gasteiger partial charge in [-0.05, 0) is 38.9 Å². The molecule has 2 saturated heterocycles. The van der Waals surface area contributed by atoms with Crippen molar-refractivity contribution in [3.8, 4) is 0 Å². The van der Waals surface area contributed by atoms with E-state index in [0.717, 1.165) is 0 Å². The van der Waals surface area contributed by atoms with Gasteiger partial charge in [0, 0.05) is 6.42 Å². The molecule has 2 aliphatic rings. The first-order chi connectivity index (χ1) is 13.3. The molecule has 2 heterocycles. The standard InChI is InChI=1S/C21H35NO6Si/c1-10-26-18(24)21(19(25)27-11-2)12-13(3)16-15(17(23)22(16)21)14(4)28-29(8,9)20(5,6)7/h14-16H,3,10-12H2,1-2,4-9H3/t14-,15-,16-/m1/s1. The fourth-order valence-corrected chi connectivity index (χ4v) is 5.42. The van der Waals surface area contributed by atoms with E-state index in [1.165, 1.54) is 4.90 Å². The Bertz CT molecular complexity index is 692. The maximum Gasteiger partial charge on any atom is 0.344 e. The molecule has 0 saturated carbocycles. The maximum absolute atomic E-state index is 13.2. The number of hydrogen-bond acceptors (Lipinski definition) is 6. The van der Waals surface area contributed by atoms with Crippen LogP contribution in [0.25, 0.3) is 0 Å². The van der Waals surface area contributed by atoms with Crippen molar-refractivity contribution in [2.45, 2.75) is 83.8 Å². The Kier molecular flexibility index (Phi) is 6.40. The van der Waals surface area contributed by atoms with E-state index in [2.05, 4.69) is 40.4 Å². The molecule has 2 aliphatic heterocycles. The molecule has 7 nitrogen and oxygen atoms in total. The number of carbonyl (C=O) groups is 3. The summed E-state index contributed by atoms with van der Waals surface area (Å²) >= 11 is 0. The average Bonchev–Trinajstić information content (AvgIpc) is 2.83. The van der Waals surface area contributed by atoms with Crippen molar-refractivity contribution in [1.82, 2.24) is 4.90 Å². The molecule has 0 bridgehead atoms. The summed E-state index contributed by atoms with van der Waals surface area (Å²) in [5.74, 6) is -2.28. The van der Waals surface area contributed by atoms with Crippen LogP contribution in [-0.2, 0) is 28.3 Å². The van der Waals surface area contributed by atoms with Gasteiger partial charge in [-0.3, -0.25) is 4.79 Å². The van der Waals surface area contributed by atoms with Crippen LogP contribution in [0.1, 0.15) is 48.0 Å². The molecule has 29 heavy (non-hydrogen) atoms. The van der Waals surface area contributed by atoms with Crippen LogP contribution < -0.4 is 0 Å². The molecule has 2 fully saturated rings. The van der Waals surface area contributed by atoms with E-state index >= 15 is 0 Å². The van der Waals surface area contributed by atoms with Crippen LogP contribution >= 0.6 is 0 Å². The highest BCUT2D eigenvalue weighted by molar-refractivity contribution is 6.74. The molecule has 164 valence electrons. The number of carbonyl (C=O) groups excluding carboxylic acids is 3. The lowest BCUT2D eigenvalue weighted by molar-refractivity contribution is -0.190. The number of nitrogens with zero attached hydrogens (tertiary/aromatic N) is 1. The topological polar surface area (TPSA) is 82.1 Å². The minimum atomic E-state index is -2.10. The fourth-order valence-electron chi connectivity index (χ4n) is 3.99. The lowest BCUT2D eigenvalue weighted by atomic mass is 9.81. The smallest absolute Gasteiger partial charge is 0.344 e. The largest absolute Gasteiger partial charge is 0.464 e. The fraction of sp³-hybridized carbons (Fsp3) is 0.762. The molecule has 2 rings (SSSR count). The van der Waals surface area contributed by atoms with Gasteiger partial charge in [0.1, 0.15) is 0 Å². The highest BCUT2D eigenvalue weighted by atomic mass is 28.4. The van der Waals surface area contributed by atoms with Gasteiger partial charge in [0.25, 0.3) is 0 Å². The Morgan fingerprint density at radius 2 is 1.69 bits per heavy atom. The maximum atomic E-state index is 13.2. The second-order valence-corrected chi connectivity index (χ2v) is 14.2. The van der Waals surface area contributed by atoms with E-state index in [9.17, 15) is 14.4 Å². The lowest BCUT2D eigenvalue weighted by Crippen LogP contribution is -2.72. The molecule has 8 heteroatoms. The van der Waals surface area contributed by atoms with E-state index in [0.29, 0.717) is 5.57 Å². The summed E-state index contributed by atoms with van der Waals surface area (Å²) in [4.78, 5) is 40.2. The van der Waals surface area contributed by atoms with Gasteiger partial charge in [0.2, 0.25) is 11.4 Å². The van der Waals surface area contributed by atoms with Gasteiger partial charge in [-0.25, -0.2) is 9.59 Å². The molecule has 0 aromatic heterocycles. The van der Waals surface area contributed by atoms with Crippen LogP contribution in [0.4, 0.5) is 0 Å². The summed E-state index contributed by atoms with van der Waals surface area (Å²) in [6.07, 6.45) is -0.328. The minimum Gasteiger partial charge on any atom is -0.464 e. The summed E-state index contributed by atoms with van der Waals surface area (Å²) < 4.78 is 16.8. The normalized spacial score (nSPS) is 24.6. The third kappa shape index (κ3) is 3.65. The number of ether oxygens (including phenoxy) is 2. The van der Waals surface area contributed by atoms with Crippen molar-refractivity contribution in [2.24, 2.45) is 5.92 Å². The molecule has 0 aromatic rings. The number of esters is 2. The van der Waals surface area contributed by atoms with Gasteiger partial charge < -0.3 is 18.8 Å². The van der Waals surface area contributed by atoms with Crippen LogP contribution in [0.3, 0.4) is 0 Å². The number of hydrogen-bond donors (Lipinski definition) is 0. The van der Waals surface area contributed by atoms with Gasteiger partial charge in [-0.2, -0.15) is 0 Å². The molecule has 0 aromatic carbocycles. The van der Waals surface area contributed by atoms with Crippen LogP contribution in [0, 0.1) is 5.92 Å². The van der Waals surface area contributed by atoms with Crippen molar-refractivity contribution in [1.29, 1.82) is 0 Å². The van der Waals surface area contributed by atoms with Crippen molar-refractivity contribution in [3.63, 3.8) is 0 Å². The Balaban J connectivity index is 2.35. The van der Waals surface area contributed by atoms with Gasteiger partial charge >= 0.3 is 11.9 Å². The first-order valence-corrected chi connectivity index (χ1v) is 13.2. The van der Waals surface area contributed by atoms with Crippen LogP contribution in [0.15, 0.2) is 12.2 Å². The zero-order valence-corrected chi connectivity index (χ0v) is 20.0. The van der Waals surface area contributed by atoms with E-state index in [1.54, 1.807) is 13.8 Å². The van der Waals surface area contributed by atoms with Crippen molar-refractivity contribution in [2.75, 3.05) is 13.2 Å². The van der Waals surface area contributed by atoms with E-state index in [-0.39, 0.29) is 36.7 Å². The average molecular weight is 426 g/mol. The molecular formula is C21H35NO6Si. The SMILES string of the molecule is C=C1CC(C(=O)OCC)(C(=O)OCC)N2C(=O)[C@H]([C@@H](C)O[Si](C)(C)C(C)(C)C)[C@@H]12. The van der Waals surface area contributed by atoms with Gasteiger partial charge in [-0.15, -0.1) is 0 Å². The Morgan fingerprint density at radius 1 is 1.21 bits per heavy atom. The first-order valence-electron chi connectivity index (χ1n) is 10.3. The number of rotatable bonds is 7. The van der Waals surface area contributed by atoms with Crippen LogP contribution in [0.2, 0.25) is 18.1 Å². The highest BCUT2D eigenvalue weighted by Crippen LogP contribution is 2.51. The third-order valence-corrected chi connectivity index (χ3v) is 11.0. The highest BCUT2D eigenvalue weighted by Gasteiger charge is 2.71. The molecule has 1 amide bonds. The Morgan fingerprint density at radius 3 is 2.10 bits per heavy atom.